The first-order valence-corrected chi connectivity index (χ1v) is 9.17. The molecule has 0 unspecified atom stereocenters. The molecule has 0 radical (unpaired) electrons. The zero-order valence-electron chi connectivity index (χ0n) is 13.6. The second-order valence-electron chi connectivity index (χ2n) is 7.61. The third kappa shape index (κ3) is 4.01. The average molecular weight is 303 g/mol. The Bertz CT molecular complexity index is 426. The zero-order valence-corrected chi connectivity index (χ0v) is 13.6. The van der Waals surface area contributed by atoms with Gasteiger partial charge in [-0.1, -0.05) is 19.3 Å². The molecule has 3 rings (SSSR count). The van der Waals surface area contributed by atoms with Crippen LogP contribution >= 0.6 is 0 Å². The molecule has 0 atom stereocenters. The number of nitrogens with zero attached hydrogens (tertiary/aromatic N) is 2. The van der Waals surface area contributed by atoms with E-state index in [2.05, 4.69) is 16.3 Å². The lowest BCUT2D eigenvalue weighted by molar-refractivity contribution is -0.123. The van der Waals surface area contributed by atoms with Gasteiger partial charge >= 0.3 is 0 Å². The fourth-order valence-electron chi connectivity index (χ4n) is 4.22. The van der Waals surface area contributed by atoms with Crippen LogP contribution in [-0.4, -0.2) is 35.5 Å². The van der Waals surface area contributed by atoms with E-state index in [4.69, 9.17) is 0 Å². The molecule has 3 aliphatic carbocycles. The number of carbonyl (C=O) groups is 1. The molecule has 0 heterocycles. The largest absolute Gasteiger partial charge is 0.337 e. The van der Waals surface area contributed by atoms with Gasteiger partial charge in [0, 0.05) is 12.6 Å². The van der Waals surface area contributed by atoms with Gasteiger partial charge in [0.15, 0.2) is 0 Å². The van der Waals surface area contributed by atoms with Crippen LogP contribution in [0.1, 0.15) is 70.6 Å². The lowest BCUT2D eigenvalue weighted by Crippen LogP contribution is -2.50. The third-order valence-electron chi connectivity index (χ3n) is 5.68. The summed E-state index contributed by atoms with van der Waals surface area (Å²) >= 11 is 0. The van der Waals surface area contributed by atoms with E-state index >= 15 is 0 Å². The van der Waals surface area contributed by atoms with Gasteiger partial charge in [0.05, 0.1) is 12.6 Å². The van der Waals surface area contributed by atoms with Gasteiger partial charge in [-0.2, -0.15) is 5.26 Å². The van der Waals surface area contributed by atoms with Crippen molar-refractivity contribution in [1.82, 2.24) is 10.2 Å². The number of hydrogen-bond donors (Lipinski definition) is 1. The maximum atomic E-state index is 12.4. The number of nitriles is 1. The Hall–Kier alpha value is -1.08. The predicted octanol–water partition coefficient (Wildman–Crippen LogP) is 2.98. The summed E-state index contributed by atoms with van der Waals surface area (Å²) in [5, 5.41) is 12.5. The monoisotopic (exact) mass is 303 g/mol. The highest BCUT2D eigenvalue weighted by Gasteiger charge is 2.37. The van der Waals surface area contributed by atoms with Gasteiger partial charge in [-0.3, -0.25) is 9.69 Å². The molecular weight excluding hydrogens is 274 g/mol. The van der Waals surface area contributed by atoms with Crippen molar-refractivity contribution in [2.45, 2.75) is 82.2 Å². The minimum absolute atomic E-state index is 0.0613. The molecule has 3 fully saturated rings. The van der Waals surface area contributed by atoms with Crippen molar-refractivity contribution in [3.05, 3.63) is 0 Å². The van der Waals surface area contributed by atoms with Crippen LogP contribution in [0, 0.1) is 17.2 Å². The summed E-state index contributed by atoms with van der Waals surface area (Å²) in [5.74, 6) is 0.838. The van der Waals surface area contributed by atoms with Gasteiger partial charge < -0.3 is 5.32 Å². The van der Waals surface area contributed by atoms with Gasteiger partial charge in [0.25, 0.3) is 0 Å². The SMILES string of the molecule is N#CC1(NC(=O)CN(CC2CCCCC2)C2CC2)CCCC1. The molecule has 0 aliphatic heterocycles. The van der Waals surface area contributed by atoms with Crippen molar-refractivity contribution in [2.75, 3.05) is 13.1 Å². The Kier molecular flexibility index (Phi) is 5.03. The van der Waals surface area contributed by atoms with Gasteiger partial charge in [-0.05, 0) is 57.3 Å². The average Bonchev–Trinajstić information content (AvgIpc) is 3.28. The molecular formula is C18H29N3O. The fourth-order valence-corrected chi connectivity index (χ4v) is 4.22. The predicted molar refractivity (Wildman–Crippen MR) is 86.1 cm³/mol. The van der Waals surface area contributed by atoms with E-state index in [0.29, 0.717) is 12.6 Å². The Morgan fingerprint density at radius 1 is 1.09 bits per heavy atom. The van der Waals surface area contributed by atoms with E-state index in [1.165, 1.54) is 44.9 Å². The summed E-state index contributed by atoms with van der Waals surface area (Å²) in [7, 11) is 0. The molecule has 0 bridgehead atoms. The normalized spacial score (nSPS) is 25.1. The highest BCUT2D eigenvalue weighted by molar-refractivity contribution is 5.79. The molecule has 0 spiro atoms. The molecule has 0 saturated heterocycles. The van der Waals surface area contributed by atoms with E-state index in [9.17, 15) is 10.1 Å². The van der Waals surface area contributed by atoms with Gasteiger partial charge in [-0.25, -0.2) is 0 Å². The quantitative estimate of drug-likeness (QED) is 0.820. The Morgan fingerprint density at radius 3 is 2.36 bits per heavy atom. The minimum Gasteiger partial charge on any atom is -0.337 e. The molecule has 122 valence electrons. The highest BCUT2D eigenvalue weighted by Crippen LogP contribution is 2.32. The molecule has 3 aliphatic rings. The Labute approximate surface area is 134 Å². The van der Waals surface area contributed by atoms with Crippen molar-refractivity contribution in [2.24, 2.45) is 5.92 Å². The fraction of sp³-hybridized carbons (Fsp3) is 0.889. The van der Waals surface area contributed by atoms with E-state index < -0.39 is 5.54 Å². The van der Waals surface area contributed by atoms with Gasteiger partial charge in [0.2, 0.25) is 5.91 Å². The molecule has 0 aromatic heterocycles. The number of nitrogens with one attached hydrogen (secondary N) is 1. The van der Waals surface area contributed by atoms with Crippen molar-refractivity contribution in [3.63, 3.8) is 0 Å². The topological polar surface area (TPSA) is 56.1 Å². The van der Waals surface area contributed by atoms with Crippen LogP contribution in [0.2, 0.25) is 0 Å². The highest BCUT2D eigenvalue weighted by atomic mass is 16.2. The van der Waals surface area contributed by atoms with Gasteiger partial charge in [-0.15, -0.1) is 0 Å². The molecule has 1 N–H and O–H groups in total. The standard InChI is InChI=1S/C18H29N3O/c19-14-18(10-4-5-11-18)20-17(22)13-21(16-8-9-16)12-15-6-2-1-3-7-15/h15-16H,1-13H2,(H,20,22). The summed E-state index contributed by atoms with van der Waals surface area (Å²) in [6, 6.07) is 2.98. The van der Waals surface area contributed by atoms with E-state index in [0.717, 1.165) is 38.1 Å². The molecule has 0 aromatic carbocycles. The summed E-state index contributed by atoms with van der Waals surface area (Å²) in [5.41, 5.74) is -0.572. The second-order valence-corrected chi connectivity index (χ2v) is 7.61. The number of rotatable bonds is 6. The van der Waals surface area contributed by atoms with Crippen LogP contribution in [0.3, 0.4) is 0 Å². The van der Waals surface area contributed by atoms with Crippen molar-refractivity contribution >= 4 is 5.91 Å². The summed E-state index contributed by atoms with van der Waals surface area (Å²) in [6.45, 7) is 1.57. The number of amides is 1. The Balaban J connectivity index is 1.52. The summed E-state index contributed by atoms with van der Waals surface area (Å²) < 4.78 is 0. The van der Waals surface area contributed by atoms with Crippen molar-refractivity contribution < 1.29 is 4.79 Å². The maximum absolute atomic E-state index is 12.4. The minimum atomic E-state index is -0.572. The Morgan fingerprint density at radius 2 is 1.77 bits per heavy atom. The number of hydrogen-bond acceptors (Lipinski definition) is 3. The maximum Gasteiger partial charge on any atom is 0.235 e. The number of carbonyl (C=O) groups excluding carboxylic acids is 1. The molecule has 4 nitrogen and oxygen atoms in total. The van der Waals surface area contributed by atoms with Crippen LogP contribution in [-0.2, 0) is 4.79 Å². The third-order valence-corrected chi connectivity index (χ3v) is 5.68. The van der Waals surface area contributed by atoms with E-state index in [-0.39, 0.29) is 5.91 Å². The summed E-state index contributed by atoms with van der Waals surface area (Å²) in [6.07, 6.45) is 13.0. The van der Waals surface area contributed by atoms with Crippen LogP contribution in [0.4, 0.5) is 0 Å². The van der Waals surface area contributed by atoms with Crippen LogP contribution in [0.15, 0.2) is 0 Å². The first kappa shape index (κ1) is 15.8. The second kappa shape index (κ2) is 7.00. The molecule has 22 heavy (non-hydrogen) atoms. The van der Waals surface area contributed by atoms with E-state index in [1.54, 1.807) is 0 Å². The van der Waals surface area contributed by atoms with Crippen LogP contribution in [0.5, 0.6) is 0 Å². The molecule has 1 amide bonds. The molecule has 0 aromatic rings. The van der Waals surface area contributed by atoms with Crippen LogP contribution < -0.4 is 5.32 Å². The molecule has 4 heteroatoms. The van der Waals surface area contributed by atoms with Crippen molar-refractivity contribution in [1.29, 1.82) is 5.26 Å². The van der Waals surface area contributed by atoms with Crippen molar-refractivity contribution in [3.8, 4) is 6.07 Å². The lowest BCUT2D eigenvalue weighted by Gasteiger charge is -2.30. The summed E-state index contributed by atoms with van der Waals surface area (Å²) in [4.78, 5) is 14.8. The first-order valence-electron chi connectivity index (χ1n) is 9.17. The molecule has 3 saturated carbocycles. The first-order chi connectivity index (χ1) is 10.7. The zero-order chi connectivity index (χ0) is 15.4. The van der Waals surface area contributed by atoms with Crippen LogP contribution in [0.25, 0.3) is 0 Å². The smallest absolute Gasteiger partial charge is 0.235 e. The van der Waals surface area contributed by atoms with E-state index in [1.807, 2.05) is 0 Å². The lowest BCUT2D eigenvalue weighted by atomic mass is 9.89. The van der Waals surface area contributed by atoms with Gasteiger partial charge in [0.1, 0.15) is 5.54 Å².